The molecule has 0 heterocycles. The van der Waals surface area contributed by atoms with Crippen LogP contribution in [-0.4, -0.2) is 0 Å². The van der Waals surface area contributed by atoms with Crippen LogP contribution in [0.15, 0.2) is 24.7 Å². The first-order valence-electron chi connectivity index (χ1n) is 4.02. The molecule has 0 amide bonds. The molecule has 0 unspecified atom stereocenters. The highest BCUT2D eigenvalue weighted by atomic mass is 14.8. The van der Waals surface area contributed by atoms with Crippen LogP contribution in [-0.2, 0) is 0 Å². The Hall–Kier alpha value is -0.920. The summed E-state index contributed by atoms with van der Waals surface area (Å²) in [6.07, 6.45) is 5.53. The van der Waals surface area contributed by atoms with E-state index in [2.05, 4.69) is 25.7 Å². The molecule has 64 valence electrons. The van der Waals surface area contributed by atoms with Crippen LogP contribution < -0.4 is 11.1 Å². The molecule has 0 spiro atoms. The molecule has 1 atom stereocenters. The van der Waals surface area contributed by atoms with E-state index in [4.69, 9.17) is 5.73 Å². The summed E-state index contributed by atoms with van der Waals surface area (Å²) in [6.45, 7) is 7.88. The fourth-order valence-electron chi connectivity index (χ4n) is 0.772. The zero-order valence-corrected chi connectivity index (χ0v) is 7.43. The van der Waals surface area contributed by atoms with Crippen molar-refractivity contribution in [3.8, 4) is 0 Å². The lowest BCUT2D eigenvalue weighted by Gasteiger charge is -2.07. The molecule has 0 aliphatic heterocycles. The van der Waals surface area contributed by atoms with Crippen LogP contribution in [0.25, 0.3) is 0 Å². The van der Waals surface area contributed by atoms with Crippen LogP contribution in [0.4, 0.5) is 0 Å². The monoisotopic (exact) mass is 154 g/mol. The van der Waals surface area contributed by atoms with Gasteiger partial charge in [-0.25, -0.2) is 0 Å². The Bertz CT molecular complexity index is 138. The maximum atomic E-state index is 5.69. The number of nitrogens with two attached hydrogens (primary N) is 1. The first-order valence-corrected chi connectivity index (χ1v) is 4.02. The molecule has 0 aliphatic carbocycles. The van der Waals surface area contributed by atoms with Gasteiger partial charge < -0.3 is 11.1 Å². The molecule has 0 aromatic heterocycles. The van der Waals surface area contributed by atoms with Gasteiger partial charge in [0, 0.05) is 11.9 Å². The molecule has 0 saturated heterocycles. The Labute approximate surface area is 69.2 Å². The number of nitrogens with one attached hydrogen (secondary N) is 1. The highest BCUT2D eigenvalue weighted by Crippen LogP contribution is 2.09. The molecule has 0 bridgehead atoms. The lowest BCUT2D eigenvalue weighted by atomic mass is 10.0. The van der Waals surface area contributed by atoms with Crippen LogP contribution >= 0.6 is 0 Å². The van der Waals surface area contributed by atoms with Crippen molar-refractivity contribution >= 4 is 0 Å². The van der Waals surface area contributed by atoms with Crippen molar-refractivity contribution in [3.05, 3.63) is 24.7 Å². The van der Waals surface area contributed by atoms with Crippen molar-refractivity contribution in [3.63, 3.8) is 0 Å². The predicted octanol–water partition coefficient (Wildman–Crippen LogP) is 1.96. The topological polar surface area (TPSA) is 38.0 Å². The second kappa shape index (κ2) is 5.83. The van der Waals surface area contributed by atoms with Gasteiger partial charge in [0.15, 0.2) is 0 Å². The van der Waals surface area contributed by atoms with Gasteiger partial charge >= 0.3 is 0 Å². The SMILES string of the molecule is C=CN/C=C(\N)C[C@H](C)CC. The van der Waals surface area contributed by atoms with Crippen LogP contribution in [0.3, 0.4) is 0 Å². The van der Waals surface area contributed by atoms with Gasteiger partial charge in [0.25, 0.3) is 0 Å². The summed E-state index contributed by atoms with van der Waals surface area (Å²) in [6, 6.07) is 0. The molecule has 0 saturated carbocycles. The van der Waals surface area contributed by atoms with Crippen LogP contribution in [0.5, 0.6) is 0 Å². The number of rotatable bonds is 5. The second-order valence-corrected chi connectivity index (χ2v) is 2.81. The minimum Gasteiger partial charge on any atom is -0.401 e. The summed E-state index contributed by atoms with van der Waals surface area (Å²) < 4.78 is 0. The van der Waals surface area contributed by atoms with Gasteiger partial charge in [-0.15, -0.1) is 0 Å². The van der Waals surface area contributed by atoms with E-state index >= 15 is 0 Å². The Kier molecular flexibility index (Phi) is 5.35. The quantitative estimate of drug-likeness (QED) is 0.635. The van der Waals surface area contributed by atoms with Crippen molar-refractivity contribution in [2.75, 3.05) is 0 Å². The van der Waals surface area contributed by atoms with Crippen LogP contribution in [0, 0.1) is 5.92 Å². The van der Waals surface area contributed by atoms with Gasteiger partial charge in [-0.1, -0.05) is 26.8 Å². The molecule has 3 N–H and O–H groups in total. The third kappa shape index (κ3) is 5.52. The Morgan fingerprint density at radius 2 is 2.36 bits per heavy atom. The lowest BCUT2D eigenvalue weighted by molar-refractivity contribution is 0.553. The third-order valence-electron chi connectivity index (χ3n) is 1.67. The van der Waals surface area contributed by atoms with E-state index < -0.39 is 0 Å². The van der Waals surface area contributed by atoms with E-state index in [1.807, 2.05) is 0 Å². The minimum atomic E-state index is 0.665. The highest BCUT2D eigenvalue weighted by Gasteiger charge is 1.98. The normalized spacial score (nSPS) is 14.2. The van der Waals surface area contributed by atoms with Gasteiger partial charge in [-0.2, -0.15) is 0 Å². The average Bonchev–Trinajstić information content (AvgIpc) is 2.00. The van der Waals surface area contributed by atoms with E-state index in [1.165, 1.54) is 6.42 Å². The summed E-state index contributed by atoms with van der Waals surface area (Å²) in [7, 11) is 0. The molecule has 0 radical (unpaired) electrons. The average molecular weight is 154 g/mol. The summed E-state index contributed by atoms with van der Waals surface area (Å²) in [5.41, 5.74) is 6.58. The zero-order valence-electron chi connectivity index (χ0n) is 7.43. The molecule has 11 heavy (non-hydrogen) atoms. The maximum Gasteiger partial charge on any atom is 0.0246 e. The number of hydrogen-bond acceptors (Lipinski definition) is 2. The standard InChI is InChI=1S/C9H18N2/c1-4-8(3)6-9(10)7-11-5-2/h5,7-8,11H,2,4,6,10H2,1,3H3/b9-7-/t8-/m1/s1. The number of allylic oxidation sites excluding steroid dienone is 1. The van der Waals surface area contributed by atoms with Gasteiger partial charge in [0.05, 0.1) is 0 Å². The van der Waals surface area contributed by atoms with Gasteiger partial charge in [0.1, 0.15) is 0 Å². The van der Waals surface area contributed by atoms with Crippen molar-refractivity contribution in [1.29, 1.82) is 0 Å². The Balaban J connectivity index is 3.65. The highest BCUT2D eigenvalue weighted by molar-refractivity contribution is 4.97. The molecule has 2 heteroatoms. The van der Waals surface area contributed by atoms with Gasteiger partial charge in [-0.05, 0) is 18.5 Å². The molecular weight excluding hydrogens is 136 g/mol. The molecular formula is C9H18N2. The zero-order chi connectivity index (χ0) is 8.69. The molecule has 2 nitrogen and oxygen atoms in total. The molecule has 0 fully saturated rings. The van der Waals surface area contributed by atoms with Gasteiger partial charge in [0.2, 0.25) is 0 Å². The fraction of sp³-hybridized carbons (Fsp3) is 0.556. The first-order chi connectivity index (χ1) is 5.20. The van der Waals surface area contributed by atoms with Crippen molar-refractivity contribution in [1.82, 2.24) is 5.32 Å². The van der Waals surface area contributed by atoms with E-state index in [0.717, 1.165) is 12.1 Å². The lowest BCUT2D eigenvalue weighted by Crippen LogP contribution is -2.07. The summed E-state index contributed by atoms with van der Waals surface area (Å²) in [4.78, 5) is 0. The molecule has 0 aliphatic rings. The predicted molar refractivity (Wildman–Crippen MR) is 49.7 cm³/mol. The maximum absolute atomic E-state index is 5.69. The Morgan fingerprint density at radius 1 is 1.73 bits per heavy atom. The first kappa shape index (κ1) is 10.1. The van der Waals surface area contributed by atoms with E-state index in [-0.39, 0.29) is 0 Å². The van der Waals surface area contributed by atoms with E-state index in [9.17, 15) is 0 Å². The van der Waals surface area contributed by atoms with Crippen molar-refractivity contribution in [2.24, 2.45) is 11.7 Å². The van der Waals surface area contributed by atoms with Crippen molar-refractivity contribution in [2.45, 2.75) is 26.7 Å². The van der Waals surface area contributed by atoms with E-state index in [0.29, 0.717) is 5.92 Å². The summed E-state index contributed by atoms with van der Waals surface area (Å²) in [5.74, 6) is 0.665. The van der Waals surface area contributed by atoms with Crippen LogP contribution in [0.2, 0.25) is 0 Å². The number of hydrogen-bond donors (Lipinski definition) is 2. The van der Waals surface area contributed by atoms with E-state index in [1.54, 1.807) is 12.4 Å². The largest absolute Gasteiger partial charge is 0.401 e. The molecule has 0 aromatic carbocycles. The molecule has 0 aromatic rings. The minimum absolute atomic E-state index is 0.665. The van der Waals surface area contributed by atoms with Gasteiger partial charge in [-0.3, -0.25) is 0 Å². The summed E-state index contributed by atoms with van der Waals surface area (Å²) >= 11 is 0. The van der Waals surface area contributed by atoms with Crippen molar-refractivity contribution < 1.29 is 0 Å². The Morgan fingerprint density at radius 3 is 2.82 bits per heavy atom. The molecule has 0 rings (SSSR count). The second-order valence-electron chi connectivity index (χ2n) is 2.81. The fourth-order valence-corrected chi connectivity index (χ4v) is 0.772. The summed E-state index contributed by atoms with van der Waals surface area (Å²) in [5, 5.41) is 2.85. The smallest absolute Gasteiger partial charge is 0.0246 e. The third-order valence-corrected chi connectivity index (χ3v) is 1.67. The van der Waals surface area contributed by atoms with Crippen LogP contribution in [0.1, 0.15) is 26.7 Å².